The molecule has 1 fully saturated rings. The van der Waals surface area contributed by atoms with E-state index in [-0.39, 0.29) is 5.92 Å². The minimum atomic E-state index is -0.720. The molecule has 0 aromatic heterocycles. The Balaban J connectivity index is 2.01. The SMILES string of the molecule is O=C(O)C1(c2ccccc2)CC1c1ccccc1. The lowest BCUT2D eigenvalue weighted by Crippen LogP contribution is -2.21. The zero-order valence-corrected chi connectivity index (χ0v) is 9.91. The van der Waals surface area contributed by atoms with Crippen molar-refractivity contribution in [1.82, 2.24) is 0 Å². The van der Waals surface area contributed by atoms with Gasteiger partial charge in [0.15, 0.2) is 0 Å². The van der Waals surface area contributed by atoms with Crippen LogP contribution in [0.4, 0.5) is 0 Å². The monoisotopic (exact) mass is 238 g/mol. The highest BCUT2D eigenvalue weighted by Crippen LogP contribution is 2.60. The molecule has 2 aromatic carbocycles. The van der Waals surface area contributed by atoms with Crippen LogP contribution in [0.15, 0.2) is 60.7 Å². The minimum Gasteiger partial charge on any atom is -0.481 e. The zero-order chi connectivity index (χ0) is 12.6. The first-order valence-electron chi connectivity index (χ1n) is 6.09. The summed E-state index contributed by atoms with van der Waals surface area (Å²) in [4.78, 5) is 11.7. The molecule has 1 saturated carbocycles. The summed E-state index contributed by atoms with van der Waals surface area (Å²) in [5.41, 5.74) is 1.30. The third kappa shape index (κ3) is 1.53. The molecule has 2 aromatic rings. The van der Waals surface area contributed by atoms with Crippen molar-refractivity contribution in [3.8, 4) is 0 Å². The fourth-order valence-corrected chi connectivity index (χ4v) is 2.77. The van der Waals surface area contributed by atoms with Gasteiger partial charge in [-0.25, -0.2) is 0 Å². The summed E-state index contributed by atoms with van der Waals surface area (Å²) in [7, 11) is 0. The van der Waals surface area contributed by atoms with E-state index in [1.807, 2.05) is 60.7 Å². The number of carboxylic acid groups (broad SMARTS) is 1. The molecule has 1 aliphatic carbocycles. The van der Waals surface area contributed by atoms with Gasteiger partial charge in [-0.2, -0.15) is 0 Å². The lowest BCUT2D eigenvalue weighted by molar-refractivity contribution is -0.140. The second kappa shape index (κ2) is 3.98. The summed E-state index contributed by atoms with van der Waals surface area (Å²) >= 11 is 0. The van der Waals surface area contributed by atoms with Crippen LogP contribution in [0, 0.1) is 0 Å². The van der Waals surface area contributed by atoms with Gasteiger partial charge >= 0.3 is 5.97 Å². The maximum atomic E-state index is 11.7. The second-order valence-electron chi connectivity index (χ2n) is 4.81. The molecule has 1 aliphatic rings. The van der Waals surface area contributed by atoms with Gasteiger partial charge < -0.3 is 5.11 Å². The quantitative estimate of drug-likeness (QED) is 0.891. The summed E-state index contributed by atoms with van der Waals surface area (Å²) in [6, 6.07) is 19.5. The predicted molar refractivity (Wildman–Crippen MR) is 69.6 cm³/mol. The molecule has 2 nitrogen and oxygen atoms in total. The number of aliphatic carboxylic acids is 1. The van der Waals surface area contributed by atoms with Crippen LogP contribution < -0.4 is 0 Å². The molecule has 0 bridgehead atoms. The molecule has 0 saturated heterocycles. The second-order valence-corrected chi connectivity index (χ2v) is 4.81. The zero-order valence-electron chi connectivity index (χ0n) is 9.91. The van der Waals surface area contributed by atoms with E-state index in [1.54, 1.807) is 0 Å². The molecule has 0 aliphatic heterocycles. The van der Waals surface area contributed by atoms with Gasteiger partial charge in [0.2, 0.25) is 0 Å². The highest BCUT2D eigenvalue weighted by Gasteiger charge is 2.61. The highest BCUT2D eigenvalue weighted by atomic mass is 16.4. The minimum absolute atomic E-state index is 0.0959. The van der Waals surface area contributed by atoms with Gasteiger partial charge in [0.25, 0.3) is 0 Å². The van der Waals surface area contributed by atoms with E-state index in [9.17, 15) is 9.90 Å². The molecule has 2 atom stereocenters. The number of rotatable bonds is 3. The Kier molecular flexibility index (Phi) is 2.44. The van der Waals surface area contributed by atoms with Crippen LogP contribution in [-0.4, -0.2) is 11.1 Å². The van der Waals surface area contributed by atoms with Crippen molar-refractivity contribution in [3.05, 3.63) is 71.8 Å². The molecule has 0 heterocycles. The summed E-state index contributed by atoms with van der Waals surface area (Å²) in [5, 5.41) is 9.59. The van der Waals surface area contributed by atoms with Gasteiger partial charge in [0.1, 0.15) is 5.41 Å². The van der Waals surface area contributed by atoms with Gasteiger partial charge in [-0.3, -0.25) is 4.79 Å². The molecule has 0 spiro atoms. The third-order valence-corrected chi connectivity index (χ3v) is 3.83. The molecule has 2 unspecified atom stereocenters. The van der Waals surface area contributed by atoms with Crippen LogP contribution in [0.3, 0.4) is 0 Å². The molecule has 90 valence electrons. The maximum absolute atomic E-state index is 11.7. The van der Waals surface area contributed by atoms with E-state index in [0.717, 1.165) is 11.1 Å². The van der Waals surface area contributed by atoms with E-state index in [4.69, 9.17) is 0 Å². The first-order chi connectivity index (χ1) is 8.75. The van der Waals surface area contributed by atoms with Crippen molar-refractivity contribution < 1.29 is 9.90 Å². The normalized spacial score (nSPS) is 25.7. The molecular formula is C16H14O2. The van der Waals surface area contributed by atoms with Gasteiger partial charge in [0.05, 0.1) is 0 Å². The average molecular weight is 238 g/mol. The lowest BCUT2D eigenvalue weighted by atomic mass is 9.91. The van der Waals surface area contributed by atoms with Gasteiger partial charge in [-0.15, -0.1) is 0 Å². The average Bonchev–Trinajstić information content (AvgIpc) is 3.18. The van der Waals surface area contributed by atoms with Crippen LogP contribution in [-0.2, 0) is 10.2 Å². The summed E-state index contributed by atoms with van der Waals surface area (Å²) in [5.74, 6) is -0.624. The van der Waals surface area contributed by atoms with Gasteiger partial charge in [-0.1, -0.05) is 60.7 Å². The number of carbonyl (C=O) groups is 1. The Morgan fingerprint density at radius 1 is 1.00 bits per heavy atom. The largest absolute Gasteiger partial charge is 0.481 e. The van der Waals surface area contributed by atoms with Crippen LogP contribution >= 0.6 is 0 Å². The lowest BCUT2D eigenvalue weighted by Gasteiger charge is -2.13. The molecule has 0 amide bonds. The molecular weight excluding hydrogens is 224 g/mol. The van der Waals surface area contributed by atoms with Gasteiger partial charge in [-0.05, 0) is 17.5 Å². The molecule has 1 N–H and O–H groups in total. The van der Waals surface area contributed by atoms with E-state index in [0.29, 0.717) is 6.42 Å². The fourth-order valence-electron chi connectivity index (χ4n) is 2.77. The predicted octanol–water partition coefficient (Wildman–Crippen LogP) is 3.20. The van der Waals surface area contributed by atoms with Crippen molar-refractivity contribution in [3.63, 3.8) is 0 Å². The van der Waals surface area contributed by atoms with E-state index in [1.165, 1.54) is 0 Å². The first-order valence-corrected chi connectivity index (χ1v) is 6.09. The molecule has 18 heavy (non-hydrogen) atoms. The molecule has 2 heteroatoms. The number of hydrogen-bond acceptors (Lipinski definition) is 1. The fraction of sp³-hybridized carbons (Fsp3) is 0.188. The Labute approximate surface area is 106 Å². The molecule has 3 rings (SSSR count). The maximum Gasteiger partial charge on any atom is 0.314 e. The Morgan fingerprint density at radius 2 is 1.56 bits per heavy atom. The van der Waals surface area contributed by atoms with Crippen LogP contribution in [0.2, 0.25) is 0 Å². The topological polar surface area (TPSA) is 37.3 Å². The van der Waals surface area contributed by atoms with Crippen LogP contribution in [0.5, 0.6) is 0 Å². The molecule has 0 radical (unpaired) electrons. The van der Waals surface area contributed by atoms with Crippen molar-refractivity contribution in [1.29, 1.82) is 0 Å². The van der Waals surface area contributed by atoms with Crippen LogP contribution in [0.1, 0.15) is 23.5 Å². The summed E-state index contributed by atoms with van der Waals surface area (Å²) in [6.45, 7) is 0. The van der Waals surface area contributed by atoms with Crippen molar-refractivity contribution in [2.75, 3.05) is 0 Å². The first kappa shape index (κ1) is 11.0. The summed E-state index contributed by atoms with van der Waals surface area (Å²) < 4.78 is 0. The number of carboxylic acids is 1. The highest BCUT2D eigenvalue weighted by molar-refractivity contribution is 5.87. The summed E-state index contributed by atoms with van der Waals surface area (Å²) in [6.07, 6.45) is 0.691. The Bertz CT molecular complexity index is 562. The van der Waals surface area contributed by atoms with E-state index < -0.39 is 11.4 Å². The Hall–Kier alpha value is -2.09. The van der Waals surface area contributed by atoms with Crippen molar-refractivity contribution in [2.45, 2.75) is 17.8 Å². The van der Waals surface area contributed by atoms with Gasteiger partial charge in [0, 0.05) is 5.92 Å². The van der Waals surface area contributed by atoms with E-state index >= 15 is 0 Å². The third-order valence-electron chi connectivity index (χ3n) is 3.83. The smallest absolute Gasteiger partial charge is 0.314 e. The van der Waals surface area contributed by atoms with Crippen molar-refractivity contribution >= 4 is 5.97 Å². The van der Waals surface area contributed by atoms with E-state index in [2.05, 4.69) is 0 Å². The number of benzene rings is 2. The Morgan fingerprint density at radius 3 is 2.11 bits per heavy atom. The van der Waals surface area contributed by atoms with Crippen LogP contribution in [0.25, 0.3) is 0 Å². The standard InChI is InChI=1S/C16H14O2/c17-15(18)16(13-9-5-2-6-10-13)11-14(16)12-7-3-1-4-8-12/h1-10,14H,11H2,(H,17,18). The van der Waals surface area contributed by atoms with Crippen molar-refractivity contribution in [2.24, 2.45) is 0 Å². The number of hydrogen-bond donors (Lipinski definition) is 1.